The molecule has 0 N–H and O–H groups in total. The first-order chi connectivity index (χ1) is 3.71. The Kier molecular flexibility index (Phi) is 14.9. The predicted octanol–water partition coefficient (Wildman–Crippen LogP) is 4.53. The Hall–Kier alpha value is 1.30. The third-order valence-corrected chi connectivity index (χ3v) is 2.25. The van der Waals surface area contributed by atoms with Gasteiger partial charge in [0.2, 0.25) is 0 Å². The Labute approximate surface area is 97.7 Å². The van der Waals surface area contributed by atoms with Gasteiger partial charge < -0.3 is 0 Å². The van der Waals surface area contributed by atoms with Crippen molar-refractivity contribution in [2.45, 2.75) is 51.9 Å². The zero-order valence-electron chi connectivity index (χ0n) is 8.72. The van der Waals surface area contributed by atoms with E-state index in [1.165, 1.54) is 0 Å². The summed E-state index contributed by atoms with van der Waals surface area (Å²) in [7, 11) is 1.05. The third kappa shape index (κ3) is 22.5. The molecule has 0 atom stereocenters. The first-order valence-electron chi connectivity index (χ1n) is 3.50. The smallest absolute Gasteiger partial charge is 0.0202 e. The maximum atomic E-state index is 2.30. The van der Waals surface area contributed by atoms with Gasteiger partial charge in [0.1, 0.15) is 0 Å². The second-order valence-corrected chi connectivity index (χ2v) is 7.88. The summed E-state index contributed by atoms with van der Waals surface area (Å²) in [6, 6.07) is 0. The summed E-state index contributed by atoms with van der Waals surface area (Å²) >= 11 is 0. The van der Waals surface area contributed by atoms with Gasteiger partial charge in [-0.2, -0.15) is 0 Å². The predicted molar refractivity (Wildman–Crippen MR) is 69.6 cm³/mol. The van der Waals surface area contributed by atoms with E-state index in [0.29, 0.717) is 10.3 Å². The summed E-state index contributed by atoms with van der Waals surface area (Å²) in [6.07, 6.45) is 0. The molecule has 0 heterocycles. The van der Waals surface area contributed by atoms with Gasteiger partial charge in [-0.1, -0.05) is 41.5 Å². The topological polar surface area (TPSA) is 0 Å². The van der Waals surface area contributed by atoms with Crippen LogP contribution in [0.2, 0.25) is 0 Å². The second-order valence-electron chi connectivity index (χ2n) is 4.62. The van der Waals surface area contributed by atoms with Crippen LogP contribution in [-0.2, 0) is 0 Å². The second kappa shape index (κ2) is 7.68. The van der Waals surface area contributed by atoms with Crippen LogP contribution in [0.5, 0.6) is 0 Å². The van der Waals surface area contributed by atoms with E-state index in [9.17, 15) is 0 Å². The fourth-order valence-electron chi connectivity index (χ4n) is 1.12. The monoisotopic (exact) mass is 254 g/mol. The molecule has 80 valence electrons. The van der Waals surface area contributed by atoms with Gasteiger partial charge in [0.25, 0.3) is 0 Å². The molecular formula is C8H22Cl3P. The lowest BCUT2D eigenvalue weighted by Crippen LogP contribution is -2.16. The van der Waals surface area contributed by atoms with Crippen molar-refractivity contribution < 1.29 is 0 Å². The molecule has 0 bridgehead atoms. The normalized spacial score (nSPS) is 10.5. The standard InChI is InChI=1S/C8H19P.3ClH/c1-7(2,3)9-8(4,5)6;;;/h9H,1-6H3;3*1H. The fraction of sp³-hybridized carbons (Fsp3) is 1.00. The molecule has 0 aromatic carbocycles. The van der Waals surface area contributed by atoms with E-state index in [0.717, 1.165) is 8.58 Å². The maximum Gasteiger partial charge on any atom is -0.0202 e. The molecule has 0 unspecified atom stereocenters. The zero-order chi connectivity index (χ0) is 7.71. The average molecular weight is 256 g/mol. The van der Waals surface area contributed by atoms with Crippen LogP contribution < -0.4 is 0 Å². The number of rotatable bonds is 0. The average Bonchev–Trinajstić information content (AvgIpc) is 1.14. The lowest BCUT2D eigenvalue weighted by Gasteiger charge is -2.28. The molecule has 0 aliphatic heterocycles. The SMILES string of the molecule is CC(C)(C)PC(C)(C)C.Cl.Cl.Cl. The van der Waals surface area contributed by atoms with Gasteiger partial charge in [-0.15, -0.1) is 45.8 Å². The van der Waals surface area contributed by atoms with Gasteiger partial charge >= 0.3 is 0 Å². The molecule has 0 amide bonds. The van der Waals surface area contributed by atoms with Gasteiger partial charge in [-0.3, -0.25) is 0 Å². The summed E-state index contributed by atoms with van der Waals surface area (Å²) in [5, 5.41) is 1.02. The van der Waals surface area contributed by atoms with Crippen molar-refractivity contribution in [1.29, 1.82) is 0 Å². The lowest BCUT2D eigenvalue weighted by molar-refractivity contribution is 0.725. The number of halogens is 3. The Bertz CT molecular complexity index is 79.5. The molecule has 0 nitrogen and oxygen atoms in total. The molecule has 0 aliphatic carbocycles. The molecule has 4 heteroatoms. The quantitative estimate of drug-likeness (QED) is 0.558. The van der Waals surface area contributed by atoms with Gasteiger partial charge in [-0.25, -0.2) is 0 Å². The van der Waals surface area contributed by atoms with E-state index in [2.05, 4.69) is 41.5 Å². The minimum absolute atomic E-state index is 0. The van der Waals surface area contributed by atoms with Gasteiger partial charge in [-0.05, 0) is 10.3 Å². The zero-order valence-corrected chi connectivity index (χ0v) is 12.2. The van der Waals surface area contributed by atoms with E-state index in [1.807, 2.05) is 0 Å². The Balaban J connectivity index is -0.000000107. The third-order valence-electron chi connectivity index (χ3n) is 0.750. The van der Waals surface area contributed by atoms with Crippen molar-refractivity contribution in [2.24, 2.45) is 0 Å². The summed E-state index contributed by atoms with van der Waals surface area (Å²) < 4.78 is 0. The molecular weight excluding hydrogens is 233 g/mol. The van der Waals surface area contributed by atoms with Crippen LogP contribution >= 0.6 is 45.8 Å². The van der Waals surface area contributed by atoms with E-state index < -0.39 is 0 Å². The molecule has 0 rings (SSSR count). The maximum absolute atomic E-state index is 2.30. The van der Waals surface area contributed by atoms with E-state index in [4.69, 9.17) is 0 Å². The molecule has 0 aliphatic rings. The first-order valence-corrected chi connectivity index (χ1v) is 4.50. The Morgan fingerprint density at radius 3 is 0.750 bits per heavy atom. The minimum Gasteiger partial charge on any atom is -0.147 e. The van der Waals surface area contributed by atoms with Gasteiger partial charge in [0.15, 0.2) is 0 Å². The highest BCUT2D eigenvalue weighted by Gasteiger charge is 2.19. The van der Waals surface area contributed by atoms with Gasteiger partial charge in [0, 0.05) is 0 Å². The summed E-state index contributed by atoms with van der Waals surface area (Å²) in [5.41, 5.74) is 0. The van der Waals surface area contributed by atoms with Crippen molar-refractivity contribution in [2.75, 3.05) is 0 Å². The van der Waals surface area contributed by atoms with Crippen LogP contribution in [0.25, 0.3) is 0 Å². The fourth-order valence-corrected chi connectivity index (χ4v) is 3.38. The lowest BCUT2D eigenvalue weighted by atomic mass is 10.2. The van der Waals surface area contributed by atoms with Crippen molar-refractivity contribution in [3.63, 3.8) is 0 Å². The summed E-state index contributed by atoms with van der Waals surface area (Å²) in [5.74, 6) is 0. The highest BCUT2D eigenvalue weighted by atomic mass is 35.5. The van der Waals surface area contributed by atoms with Crippen LogP contribution in [0.15, 0.2) is 0 Å². The first kappa shape index (κ1) is 23.3. The summed E-state index contributed by atoms with van der Waals surface area (Å²) in [4.78, 5) is 0. The molecule has 0 spiro atoms. The van der Waals surface area contributed by atoms with Crippen molar-refractivity contribution in [3.8, 4) is 0 Å². The van der Waals surface area contributed by atoms with Crippen molar-refractivity contribution >= 4 is 45.8 Å². The van der Waals surface area contributed by atoms with Crippen LogP contribution in [0.4, 0.5) is 0 Å². The van der Waals surface area contributed by atoms with E-state index >= 15 is 0 Å². The Morgan fingerprint density at radius 1 is 0.583 bits per heavy atom. The highest BCUT2D eigenvalue weighted by Crippen LogP contribution is 2.41. The molecule has 12 heavy (non-hydrogen) atoms. The molecule has 0 saturated carbocycles. The van der Waals surface area contributed by atoms with Crippen LogP contribution in [0.1, 0.15) is 41.5 Å². The Morgan fingerprint density at radius 2 is 0.750 bits per heavy atom. The molecule has 0 aromatic rings. The number of hydrogen-bond acceptors (Lipinski definition) is 0. The minimum atomic E-state index is 0. The van der Waals surface area contributed by atoms with Crippen LogP contribution in [0.3, 0.4) is 0 Å². The van der Waals surface area contributed by atoms with Crippen LogP contribution in [0, 0.1) is 0 Å². The largest absolute Gasteiger partial charge is 0.147 e. The van der Waals surface area contributed by atoms with Crippen molar-refractivity contribution in [3.05, 3.63) is 0 Å². The van der Waals surface area contributed by atoms with Crippen molar-refractivity contribution in [1.82, 2.24) is 0 Å². The van der Waals surface area contributed by atoms with E-state index in [-0.39, 0.29) is 37.2 Å². The molecule has 0 saturated heterocycles. The number of hydrogen-bond donors (Lipinski definition) is 0. The van der Waals surface area contributed by atoms with Crippen LogP contribution in [-0.4, -0.2) is 10.3 Å². The van der Waals surface area contributed by atoms with Gasteiger partial charge in [0.05, 0.1) is 0 Å². The summed E-state index contributed by atoms with van der Waals surface area (Å²) in [6.45, 7) is 13.8. The molecule has 0 radical (unpaired) electrons. The molecule has 0 fully saturated rings. The van der Waals surface area contributed by atoms with E-state index in [1.54, 1.807) is 0 Å². The molecule has 0 aromatic heterocycles. The highest BCUT2D eigenvalue weighted by molar-refractivity contribution is 7.41.